The van der Waals surface area contributed by atoms with Gasteiger partial charge >= 0.3 is 0 Å². The Morgan fingerprint density at radius 1 is 1.30 bits per heavy atom. The number of anilines is 1. The summed E-state index contributed by atoms with van der Waals surface area (Å²) in [5.74, 6) is -0.547. The van der Waals surface area contributed by atoms with Crippen molar-refractivity contribution in [3.63, 3.8) is 0 Å². The molecule has 1 aromatic carbocycles. The molecule has 1 fully saturated rings. The Balaban J connectivity index is 1.63. The molecule has 1 aliphatic heterocycles. The highest BCUT2D eigenvalue weighted by molar-refractivity contribution is 7.89. The molecule has 0 unspecified atom stereocenters. The van der Waals surface area contributed by atoms with Gasteiger partial charge in [0, 0.05) is 37.0 Å². The predicted molar refractivity (Wildman–Crippen MR) is 113 cm³/mol. The Labute approximate surface area is 179 Å². The topological polar surface area (TPSA) is 109 Å². The molecule has 1 saturated heterocycles. The summed E-state index contributed by atoms with van der Waals surface area (Å²) in [5, 5.41) is 5.28. The number of hydrogen-bond acceptors (Lipinski definition) is 7. The number of thiazole rings is 1. The monoisotopic (exact) mass is 452 g/mol. The second-order valence-corrected chi connectivity index (χ2v) is 9.77. The van der Waals surface area contributed by atoms with Crippen molar-refractivity contribution in [2.75, 3.05) is 32.6 Å². The van der Waals surface area contributed by atoms with Crippen molar-refractivity contribution in [1.29, 1.82) is 0 Å². The normalized spacial score (nSPS) is 15.4. The van der Waals surface area contributed by atoms with Gasteiger partial charge in [0.15, 0.2) is 5.13 Å². The molecule has 0 spiro atoms. The van der Waals surface area contributed by atoms with E-state index in [0.29, 0.717) is 31.1 Å². The van der Waals surface area contributed by atoms with Gasteiger partial charge < -0.3 is 10.2 Å². The number of carbonyl (C=O) groups is 2. The number of rotatable bonds is 6. The predicted octanol–water partition coefficient (Wildman–Crippen LogP) is 2.12. The summed E-state index contributed by atoms with van der Waals surface area (Å²) in [6.07, 6.45) is 1.07. The van der Waals surface area contributed by atoms with Crippen LogP contribution in [0.3, 0.4) is 0 Å². The van der Waals surface area contributed by atoms with Gasteiger partial charge in [-0.05, 0) is 38.0 Å². The van der Waals surface area contributed by atoms with Crippen LogP contribution in [-0.4, -0.2) is 61.8 Å². The first-order valence-electron chi connectivity index (χ1n) is 9.37. The fourth-order valence-corrected chi connectivity index (χ4v) is 4.89. The van der Waals surface area contributed by atoms with E-state index in [1.165, 1.54) is 43.7 Å². The van der Waals surface area contributed by atoms with Crippen molar-refractivity contribution in [1.82, 2.24) is 14.4 Å². The third-order valence-electron chi connectivity index (χ3n) is 4.98. The molecule has 30 heavy (non-hydrogen) atoms. The zero-order valence-corrected chi connectivity index (χ0v) is 18.6. The average Bonchev–Trinajstić information content (AvgIpc) is 3.17. The van der Waals surface area contributed by atoms with Crippen molar-refractivity contribution < 1.29 is 22.8 Å². The highest BCUT2D eigenvalue weighted by Gasteiger charge is 2.29. The van der Waals surface area contributed by atoms with Gasteiger partial charge in [-0.2, -0.15) is 0 Å². The summed E-state index contributed by atoms with van der Waals surface area (Å²) in [6, 6.07) is 5.87. The largest absolute Gasteiger partial charge is 0.339 e. The minimum atomic E-state index is -3.84. The molecule has 2 aromatic rings. The number of aryl methyl sites for hydroxylation is 1. The molecule has 0 saturated carbocycles. The summed E-state index contributed by atoms with van der Waals surface area (Å²) in [6.45, 7) is 2.70. The zero-order chi connectivity index (χ0) is 21.9. The van der Waals surface area contributed by atoms with E-state index in [1.54, 1.807) is 11.0 Å². The van der Waals surface area contributed by atoms with E-state index in [1.807, 2.05) is 12.3 Å². The Morgan fingerprint density at radius 2 is 2.00 bits per heavy atom. The maximum Gasteiger partial charge on any atom is 0.264 e. The first kappa shape index (κ1) is 22.3. The van der Waals surface area contributed by atoms with Gasteiger partial charge in [0.1, 0.15) is 0 Å². The molecule has 162 valence electrons. The molecular formula is C19H24N4O5S2. The minimum Gasteiger partial charge on any atom is -0.339 e. The van der Waals surface area contributed by atoms with Crippen LogP contribution in [0.15, 0.2) is 34.5 Å². The number of amides is 2. The van der Waals surface area contributed by atoms with Crippen LogP contribution >= 0.6 is 11.3 Å². The third-order valence-corrected chi connectivity index (χ3v) is 7.53. The average molecular weight is 453 g/mol. The van der Waals surface area contributed by atoms with Crippen LogP contribution in [0, 0.1) is 12.8 Å². The molecule has 11 heteroatoms. The van der Waals surface area contributed by atoms with Crippen LogP contribution in [-0.2, 0) is 19.7 Å². The number of aromatic nitrogens is 1. The molecule has 0 atom stereocenters. The fourth-order valence-electron chi connectivity index (χ4n) is 3.18. The molecule has 3 rings (SSSR count). The van der Waals surface area contributed by atoms with E-state index in [9.17, 15) is 18.0 Å². The van der Waals surface area contributed by atoms with Crippen LogP contribution < -0.4 is 5.32 Å². The Morgan fingerprint density at radius 3 is 2.60 bits per heavy atom. The summed E-state index contributed by atoms with van der Waals surface area (Å²) >= 11 is 1.38. The van der Waals surface area contributed by atoms with Gasteiger partial charge in [-0.25, -0.2) is 13.4 Å². The number of benzene rings is 1. The van der Waals surface area contributed by atoms with Crippen LogP contribution in [0.2, 0.25) is 0 Å². The van der Waals surface area contributed by atoms with E-state index < -0.39 is 10.0 Å². The second-order valence-electron chi connectivity index (χ2n) is 6.97. The Kier molecular flexibility index (Phi) is 6.86. The van der Waals surface area contributed by atoms with Gasteiger partial charge in [-0.1, -0.05) is 10.5 Å². The van der Waals surface area contributed by atoms with Crippen molar-refractivity contribution in [2.24, 2.45) is 5.92 Å². The summed E-state index contributed by atoms with van der Waals surface area (Å²) in [5.41, 5.74) is 1.14. The SMILES string of the molecule is CON(C)S(=O)(=O)c1cccc(C(=O)N2CCC(C(=O)Nc3nc(C)cs3)CC2)c1. The number of hydrogen-bond donors (Lipinski definition) is 1. The van der Waals surface area contributed by atoms with Crippen LogP contribution in [0.25, 0.3) is 0 Å². The molecule has 2 heterocycles. The Bertz CT molecular complexity index is 1030. The molecule has 0 radical (unpaired) electrons. The first-order valence-corrected chi connectivity index (χ1v) is 11.7. The number of piperidine rings is 1. The van der Waals surface area contributed by atoms with E-state index in [-0.39, 0.29) is 28.2 Å². The molecule has 0 aliphatic carbocycles. The van der Waals surface area contributed by atoms with E-state index in [4.69, 9.17) is 4.84 Å². The summed E-state index contributed by atoms with van der Waals surface area (Å²) < 4.78 is 25.6. The lowest BCUT2D eigenvalue weighted by molar-refractivity contribution is -0.121. The molecule has 1 aromatic heterocycles. The van der Waals surface area contributed by atoms with Crippen LogP contribution in [0.4, 0.5) is 5.13 Å². The number of carbonyl (C=O) groups excluding carboxylic acids is 2. The van der Waals surface area contributed by atoms with Gasteiger partial charge in [-0.15, -0.1) is 11.3 Å². The lowest BCUT2D eigenvalue weighted by Crippen LogP contribution is -2.41. The van der Waals surface area contributed by atoms with Crippen molar-refractivity contribution >= 4 is 38.3 Å². The third kappa shape index (κ3) is 4.86. The number of likely N-dealkylation sites (tertiary alicyclic amines) is 1. The van der Waals surface area contributed by atoms with Crippen molar-refractivity contribution in [3.05, 3.63) is 40.9 Å². The van der Waals surface area contributed by atoms with Gasteiger partial charge in [0.25, 0.3) is 15.9 Å². The van der Waals surface area contributed by atoms with Crippen LogP contribution in [0.1, 0.15) is 28.9 Å². The molecule has 2 amide bonds. The maximum atomic E-state index is 12.9. The number of nitrogens with one attached hydrogen (secondary N) is 1. The quantitative estimate of drug-likeness (QED) is 0.673. The smallest absolute Gasteiger partial charge is 0.264 e. The highest BCUT2D eigenvalue weighted by Crippen LogP contribution is 2.23. The van der Waals surface area contributed by atoms with Crippen molar-refractivity contribution in [2.45, 2.75) is 24.7 Å². The van der Waals surface area contributed by atoms with E-state index in [0.717, 1.165) is 10.2 Å². The van der Waals surface area contributed by atoms with E-state index in [2.05, 4.69) is 10.3 Å². The first-order chi connectivity index (χ1) is 14.2. The molecule has 9 nitrogen and oxygen atoms in total. The fraction of sp³-hybridized carbons (Fsp3) is 0.421. The second kappa shape index (κ2) is 9.21. The molecular weight excluding hydrogens is 428 g/mol. The Hall–Kier alpha value is -2.34. The van der Waals surface area contributed by atoms with E-state index >= 15 is 0 Å². The van der Waals surface area contributed by atoms with Crippen molar-refractivity contribution in [3.8, 4) is 0 Å². The number of hydroxylamine groups is 1. The minimum absolute atomic E-state index is 0.0225. The number of nitrogens with zero attached hydrogens (tertiary/aromatic N) is 3. The summed E-state index contributed by atoms with van der Waals surface area (Å²) in [4.78, 5) is 35.9. The molecule has 1 N–H and O–H groups in total. The van der Waals surface area contributed by atoms with Gasteiger partial charge in [-0.3, -0.25) is 14.4 Å². The summed E-state index contributed by atoms with van der Waals surface area (Å²) in [7, 11) is -1.30. The van der Waals surface area contributed by atoms with Gasteiger partial charge in [0.05, 0.1) is 17.7 Å². The lowest BCUT2D eigenvalue weighted by atomic mass is 9.95. The van der Waals surface area contributed by atoms with Crippen LogP contribution in [0.5, 0.6) is 0 Å². The lowest BCUT2D eigenvalue weighted by Gasteiger charge is -2.31. The number of sulfonamides is 1. The zero-order valence-electron chi connectivity index (χ0n) is 17.0. The highest BCUT2D eigenvalue weighted by atomic mass is 32.2. The standard InChI is InChI=1S/C19H24N4O5S2/c1-13-12-29-19(20-13)21-17(24)14-7-9-23(10-8-14)18(25)15-5-4-6-16(11-15)30(26,27)22(2)28-3/h4-6,11-12,14H,7-10H2,1-3H3,(H,20,21,24). The molecule has 1 aliphatic rings. The maximum absolute atomic E-state index is 12.9. The van der Waals surface area contributed by atoms with Gasteiger partial charge in [0.2, 0.25) is 5.91 Å². The molecule has 0 bridgehead atoms.